The van der Waals surface area contributed by atoms with Crippen LogP contribution in [0.4, 0.5) is 4.39 Å². The number of fused-ring (bicyclic) bond motifs is 2. The molecule has 2 heterocycles. The van der Waals surface area contributed by atoms with Crippen molar-refractivity contribution in [2.75, 3.05) is 0 Å². The minimum atomic E-state index is -0.225. The highest BCUT2D eigenvalue weighted by molar-refractivity contribution is 5.93. The molecule has 0 unspecified atom stereocenters. The topological polar surface area (TPSA) is 25.8 Å². The van der Waals surface area contributed by atoms with Crippen molar-refractivity contribution in [3.05, 3.63) is 121 Å². The predicted molar refractivity (Wildman–Crippen MR) is 133 cm³/mol. The number of hydrogen-bond donors (Lipinski definition) is 0. The number of benzene rings is 4. The molecule has 0 atom stereocenters. The van der Waals surface area contributed by atoms with Crippen LogP contribution in [0, 0.1) is 5.82 Å². The van der Waals surface area contributed by atoms with E-state index < -0.39 is 0 Å². The average Bonchev–Trinajstić information content (AvgIpc) is 2.88. The Bertz CT molecular complexity index is 1600. The van der Waals surface area contributed by atoms with Crippen LogP contribution in [-0.2, 0) is 0 Å². The van der Waals surface area contributed by atoms with Gasteiger partial charge >= 0.3 is 0 Å². The monoisotopic (exact) mass is 426 g/mol. The van der Waals surface area contributed by atoms with Gasteiger partial charge in [-0.2, -0.15) is 0 Å². The Balaban J connectivity index is 1.37. The highest BCUT2D eigenvalue weighted by Crippen LogP contribution is 2.30. The number of nitrogens with zero attached hydrogens (tertiary/aromatic N) is 2. The van der Waals surface area contributed by atoms with Crippen LogP contribution in [-0.4, -0.2) is 9.97 Å². The van der Waals surface area contributed by atoms with Gasteiger partial charge in [-0.3, -0.25) is 9.97 Å². The lowest BCUT2D eigenvalue weighted by atomic mass is 9.98. The second-order valence-electron chi connectivity index (χ2n) is 8.10. The van der Waals surface area contributed by atoms with Crippen molar-refractivity contribution < 1.29 is 4.39 Å². The lowest BCUT2D eigenvalue weighted by molar-refractivity contribution is 0.628. The molecule has 2 nitrogen and oxygen atoms in total. The summed E-state index contributed by atoms with van der Waals surface area (Å²) in [4.78, 5) is 9.30. The van der Waals surface area contributed by atoms with Gasteiger partial charge in [0.1, 0.15) is 5.82 Å². The minimum Gasteiger partial charge on any atom is -0.256 e. The van der Waals surface area contributed by atoms with Crippen molar-refractivity contribution in [3.63, 3.8) is 0 Å². The van der Waals surface area contributed by atoms with Crippen molar-refractivity contribution in [1.82, 2.24) is 9.97 Å². The van der Waals surface area contributed by atoms with Crippen LogP contribution >= 0.6 is 0 Å². The number of aromatic nitrogens is 2. The van der Waals surface area contributed by atoms with E-state index in [1.54, 1.807) is 0 Å². The highest BCUT2D eigenvalue weighted by atomic mass is 19.1. The Morgan fingerprint density at radius 3 is 1.97 bits per heavy atom. The molecule has 0 amide bonds. The number of para-hydroxylation sites is 1. The van der Waals surface area contributed by atoms with Gasteiger partial charge in [-0.25, -0.2) is 4.39 Å². The second-order valence-corrected chi connectivity index (χ2v) is 8.10. The van der Waals surface area contributed by atoms with E-state index >= 15 is 0 Å². The van der Waals surface area contributed by atoms with Crippen molar-refractivity contribution in [2.24, 2.45) is 0 Å². The average molecular weight is 426 g/mol. The van der Waals surface area contributed by atoms with Gasteiger partial charge in [-0.05, 0) is 63.9 Å². The Hall–Kier alpha value is -4.37. The van der Waals surface area contributed by atoms with E-state index in [0.717, 1.165) is 55.2 Å². The molecule has 0 saturated carbocycles. The summed E-state index contributed by atoms with van der Waals surface area (Å²) >= 11 is 0. The van der Waals surface area contributed by atoms with Crippen LogP contribution in [0.3, 0.4) is 0 Å². The summed E-state index contributed by atoms with van der Waals surface area (Å²) < 4.78 is 13.3. The van der Waals surface area contributed by atoms with E-state index in [1.165, 1.54) is 12.1 Å². The van der Waals surface area contributed by atoms with E-state index in [1.807, 2.05) is 36.7 Å². The SMILES string of the molecule is Fc1ccc(-c2ccc3ccc(-c4ccc(-c5cccc6cccnc56)nc4)cc3c2)cc1. The van der Waals surface area contributed by atoms with Crippen LogP contribution in [0.1, 0.15) is 0 Å². The molecule has 0 N–H and O–H groups in total. The normalized spacial score (nSPS) is 11.2. The molecule has 6 aromatic rings. The Labute approximate surface area is 191 Å². The molecule has 0 fully saturated rings. The molecule has 3 heteroatoms. The second kappa shape index (κ2) is 7.95. The number of rotatable bonds is 3. The largest absolute Gasteiger partial charge is 0.256 e. The summed E-state index contributed by atoms with van der Waals surface area (Å²) in [5.74, 6) is -0.225. The zero-order valence-electron chi connectivity index (χ0n) is 17.7. The van der Waals surface area contributed by atoms with Gasteiger partial charge in [-0.15, -0.1) is 0 Å². The highest BCUT2D eigenvalue weighted by Gasteiger charge is 2.08. The molecule has 0 radical (unpaired) electrons. The lowest BCUT2D eigenvalue weighted by Crippen LogP contribution is -1.88. The number of halogens is 1. The maximum Gasteiger partial charge on any atom is 0.123 e. The molecule has 2 aromatic heterocycles. The summed E-state index contributed by atoms with van der Waals surface area (Å²) in [6.07, 6.45) is 3.73. The van der Waals surface area contributed by atoms with Crippen LogP contribution in [0.15, 0.2) is 116 Å². The fourth-order valence-corrected chi connectivity index (χ4v) is 4.28. The molecular weight excluding hydrogens is 407 g/mol. The van der Waals surface area contributed by atoms with Gasteiger partial charge in [0, 0.05) is 28.9 Å². The summed E-state index contributed by atoms with van der Waals surface area (Å²) in [5.41, 5.74) is 7.12. The Kier molecular flexibility index (Phi) is 4.66. The molecule has 4 aromatic carbocycles. The molecule has 0 aliphatic rings. The first-order valence-electron chi connectivity index (χ1n) is 10.8. The van der Waals surface area contributed by atoms with Crippen molar-refractivity contribution in [2.45, 2.75) is 0 Å². The predicted octanol–water partition coefficient (Wildman–Crippen LogP) is 7.92. The van der Waals surface area contributed by atoms with Crippen molar-refractivity contribution in [1.29, 1.82) is 0 Å². The molecular formula is C30H19FN2. The van der Waals surface area contributed by atoms with E-state index in [9.17, 15) is 4.39 Å². The summed E-state index contributed by atoms with van der Waals surface area (Å²) in [6.45, 7) is 0. The van der Waals surface area contributed by atoms with E-state index in [2.05, 4.69) is 71.7 Å². The third-order valence-corrected chi connectivity index (χ3v) is 6.02. The van der Waals surface area contributed by atoms with Crippen molar-refractivity contribution in [3.8, 4) is 33.5 Å². The van der Waals surface area contributed by atoms with Gasteiger partial charge in [-0.1, -0.05) is 66.7 Å². The van der Waals surface area contributed by atoms with Crippen LogP contribution in [0.5, 0.6) is 0 Å². The van der Waals surface area contributed by atoms with E-state index in [0.29, 0.717) is 0 Å². The third kappa shape index (κ3) is 3.64. The number of hydrogen-bond acceptors (Lipinski definition) is 2. The maximum atomic E-state index is 13.3. The molecule has 0 spiro atoms. The number of pyridine rings is 2. The van der Waals surface area contributed by atoms with Crippen molar-refractivity contribution >= 4 is 21.7 Å². The zero-order valence-corrected chi connectivity index (χ0v) is 17.7. The Morgan fingerprint density at radius 2 is 1.21 bits per heavy atom. The van der Waals surface area contributed by atoms with Gasteiger partial charge in [0.15, 0.2) is 0 Å². The summed E-state index contributed by atoms with van der Waals surface area (Å²) in [5, 5.41) is 3.40. The maximum absolute atomic E-state index is 13.3. The third-order valence-electron chi connectivity index (χ3n) is 6.02. The lowest BCUT2D eigenvalue weighted by Gasteiger charge is -2.09. The first kappa shape index (κ1) is 19.3. The molecule has 6 rings (SSSR count). The fourth-order valence-electron chi connectivity index (χ4n) is 4.28. The van der Waals surface area contributed by atoms with Gasteiger partial charge in [0.2, 0.25) is 0 Å². The smallest absolute Gasteiger partial charge is 0.123 e. The zero-order chi connectivity index (χ0) is 22.2. The van der Waals surface area contributed by atoms with Gasteiger partial charge < -0.3 is 0 Å². The summed E-state index contributed by atoms with van der Waals surface area (Å²) in [6, 6.07) is 33.7. The molecule has 0 aliphatic heterocycles. The first-order valence-corrected chi connectivity index (χ1v) is 10.8. The standard InChI is InChI=1S/C30H19FN2/c31-27-13-10-20(11-14-27)23-8-6-21-7-9-24(18-26(21)17-23)25-12-15-29(33-19-25)28-5-1-3-22-4-2-16-32-30(22)28/h1-19H. The summed E-state index contributed by atoms with van der Waals surface area (Å²) in [7, 11) is 0. The van der Waals surface area contributed by atoms with Crippen LogP contribution < -0.4 is 0 Å². The molecule has 0 aliphatic carbocycles. The molecule has 156 valence electrons. The quantitative estimate of drug-likeness (QED) is 0.287. The molecule has 0 saturated heterocycles. The first-order chi connectivity index (χ1) is 16.2. The van der Waals surface area contributed by atoms with E-state index in [4.69, 9.17) is 4.98 Å². The van der Waals surface area contributed by atoms with Gasteiger partial charge in [0.05, 0.1) is 11.2 Å². The molecule has 0 bridgehead atoms. The Morgan fingerprint density at radius 1 is 0.515 bits per heavy atom. The fraction of sp³-hybridized carbons (Fsp3) is 0. The molecule has 33 heavy (non-hydrogen) atoms. The van der Waals surface area contributed by atoms with Crippen LogP contribution in [0.25, 0.3) is 55.2 Å². The minimum absolute atomic E-state index is 0.225. The van der Waals surface area contributed by atoms with Gasteiger partial charge in [0.25, 0.3) is 0 Å². The van der Waals surface area contributed by atoms with Crippen LogP contribution in [0.2, 0.25) is 0 Å². The van der Waals surface area contributed by atoms with E-state index in [-0.39, 0.29) is 5.82 Å².